The minimum absolute atomic E-state index is 0.0214. The number of halogens is 1. The van der Waals surface area contributed by atoms with E-state index in [0.29, 0.717) is 38.0 Å². The van der Waals surface area contributed by atoms with Crippen LogP contribution in [0.5, 0.6) is 0 Å². The molecule has 2 aliphatic rings. The van der Waals surface area contributed by atoms with Crippen LogP contribution in [0.1, 0.15) is 37.9 Å². The van der Waals surface area contributed by atoms with Gasteiger partial charge < -0.3 is 15.0 Å². The Balaban J connectivity index is 1.56. The van der Waals surface area contributed by atoms with Crippen molar-refractivity contribution in [1.82, 2.24) is 10.2 Å². The Bertz CT molecular complexity index is 560. The number of ether oxygens (including phenoxy) is 1. The van der Waals surface area contributed by atoms with Gasteiger partial charge in [0.05, 0.1) is 13.2 Å². The van der Waals surface area contributed by atoms with Crippen molar-refractivity contribution in [1.29, 1.82) is 0 Å². The van der Waals surface area contributed by atoms with E-state index in [4.69, 9.17) is 4.74 Å². The van der Waals surface area contributed by atoms with E-state index in [1.807, 2.05) is 17.0 Å². The number of carbonyl (C=O) groups is 1. The van der Waals surface area contributed by atoms with Crippen molar-refractivity contribution < 1.29 is 9.53 Å². The average Bonchev–Trinajstić information content (AvgIpc) is 2.62. The van der Waals surface area contributed by atoms with Gasteiger partial charge in [-0.1, -0.05) is 35.0 Å². The van der Waals surface area contributed by atoms with Crippen LogP contribution in [0.2, 0.25) is 0 Å². The van der Waals surface area contributed by atoms with Gasteiger partial charge >= 0.3 is 0 Å². The van der Waals surface area contributed by atoms with Crippen molar-refractivity contribution in [3.8, 4) is 0 Å². The number of benzene rings is 1. The van der Waals surface area contributed by atoms with Crippen LogP contribution in [-0.2, 0) is 9.53 Å². The second-order valence-corrected chi connectivity index (χ2v) is 7.96. The lowest BCUT2D eigenvalue weighted by molar-refractivity contribution is -0.140. The fourth-order valence-corrected chi connectivity index (χ4v) is 4.14. The summed E-state index contributed by atoms with van der Waals surface area (Å²) < 4.78 is 6.94. The second-order valence-electron chi connectivity index (χ2n) is 7.04. The number of morpholine rings is 1. The Hall–Kier alpha value is -0.910. The van der Waals surface area contributed by atoms with Gasteiger partial charge in [0, 0.05) is 17.4 Å². The molecule has 0 saturated carbocycles. The van der Waals surface area contributed by atoms with E-state index in [-0.39, 0.29) is 12.0 Å². The molecule has 2 saturated heterocycles. The molecule has 2 aliphatic heterocycles. The number of hydrogen-bond donors (Lipinski definition) is 1. The van der Waals surface area contributed by atoms with Gasteiger partial charge in [0.15, 0.2) is 0 Å². The van der Waals surface area contributed by atoms with Crippen LogP contribution in [0.15, 0.2) is 28.7 Å². The molecule has 0 bridgehead atoms. The fourth-order valence-electron chi connectivity index (χ4n) is 3.72. The highest BCUT2D eigenvalue weighted by Crippen LogP contribution is 2.27. The molecule has 0 aliphatic carbocycles. The Morgan fingerprint density at radius 3 is 3.12 bits per heavy atom. The average molecular weight is 395 g/mol. The third kappa shape index (κ3) is 4.58. The molecule has 0 radical (unpaired) electrons. The lowest BCUT2D eigenvalue weighted by Crippen LogP contribution is -2.43. The fraction of sp³-hybridized carbons (Fsp3) is 0.632. The van der Waals surface area contributed by atoms with E-state index in [0.717, 1.165) is 23.1 Å². The molecule has 1 aromatic rings. The highest BCUT2D eigenvalue weighted by Gasteiger charge is 2.28. The Kier molecular flexibility index (Phi) is 6.31. The minimum Gasteiger partial charge on any atom is -0.370 e. The summed E-state index contributed by atoms with van der Waals surface area (Å²) in [6.07, 6.45) is 3.10. The molecule has 132 valence electrons. The third-order valence-electron chi connectivity index (χ3n) is 5.28. The van der Waals surface area contributed by atoms with Gasteiger partial charge in [-0.05, 0) is 55.5 Å². The maximum Gasteiger partial charge on any atom is 0.223 e. The third-order valence-corrected chi connectivity index (χ3v) is 5.77. The standard InChI is InChI=1S/C19H27BrN2O2/c1-14(16-5-3-7-21-12-16)10-19(23)22-8-9-24-18(13-22)15-4-2-6-17(20)11-15/h2,4,6,11,14,16,18,21H,3,5,7-10,12-13H2,1H3. The first kappa shape index (κ1) is 17.9. The van der Waals surface area contributed by atoms with Gasteiger partial charge in [-0.25, -0.2) is 0 Å². The summed E-state index contributed by atoms with van der Waals surface area (Å²) in [6, 6.07) is 8.17. The molecule has 24 heavy (non-hydrogen) atoms. The van der Waals surface area contributed by atoms with Gasteiger partial charge in [-0.2, -0.15) is 0 Å². The van der Waals surface area contributed by atoms with Gasteiger partial charge in [0.2, 0.25) is 5.91 Å². The van der Waals surface area contributed by atoms with Crippen molar-refractivity contribution in [3.05, 3.63) is 34.3 Å². The number of piperidine rings is 1. The summed E-state index contributed by atoms with van der Waals surface area (Å²) in [5, 5.41) is 3.45. The highest BCUT2D eigenvalue weighted by atomic mass is 79.9. The SMILES string of the molecule is CC(CC(=O)N1CCOC(c2cccc(Br)c2)C1)C1CCCNC1. The van der Waals surface area contributed by atoms with Crippen molar-refractivity contribution in [2.45, 2.75) is 32.3 Å². The van der Waals surface area contributed by atoms with Crippen LogP contribution in [0.4, 0.5) is 0 Å². The van der Waals surface area contributed by atoms with Crippen LogP contribution in [0, 0.1) is 11.8 Å². The van der Waals surface area contributed by atoms with Crippen molar-refractivity contribution in [2.75, 3.05) is 32.8 Å². The number of rotatable bonds is 4. The number of carbonyl (C=O) groups excluding carboxylic acids is 1. The zero-order valence-corrected chi connectivity index (χ0v) is 15.9. The summed E-state index contributed by atoms with van der Waals surface area (Å²) in [4.78, 5) is 14.7. The number of nitrogens with zero attached hydrogens (tertiary/aromatic N) is 1. The largest absolute Gasteiger partial charge is 0.370 e. The van der Waals surface area contributed by atoms with Crippen LogP contribution in [-0.4, -0.2) is 43.6 Å². The molecular formula is C19H27BrN2O2. The van der Waals surface area contributed by atoms with E-state index in [1.165, 1.54) is 12.8 Å². The lowest BCUT2D eigenvalue weighted by Gasteiger charge is -2.35. The molecule has 1 amide bonds. The number of amides is 1. The molecular weight excluding hydrogens is 368 g/mol. The maximum atomic E-state index is 12.7. The van der Waals surface area contributed by atoms with Crippen LogP contribution in [0.25, 0.3) is 0 Å². The maximum absolute atomic E-state index is 12.7. The van der Waals surface area contributed by atoms with E-state index < -0.39 is 0 Å². The van der Waals surface area contributed by atoms with E-state index in [9.17, 15) is 4.79 Å². The molecule has 3 unspecified atom stereocenters. The highest BCUT2D eigenvalue weighted by molar-refractivity contribution is 9.10. The molecule has 3 rings (SSSR count). The predicted octanol–water partition coefficient (Wildman–Crippen LogP) is 3.37. The van der Waals surface area contributed by atoms with E-state index >= 15 is 0 Å². The quantitative estimate of drug-likeness (QED) is 0.850. The predicted molar refractivity (Wildman–Crippen MR) is 98.8 cm³/mol. The van der Waals surface area contributed by atoms with Crippen molar-refractivity contribution in [3.63, 3.8) is 0 Å². The zero-order valence-electron chi connectivity index (χ0n) is 14.3. The monoisotopic (exact) mass is 394 g/mol. The Labute approximate surface area is 153 Å². The molecule has 1 aromatic carbocycles. The van der Waals surface area contributed by atoms with Gasteiger partial charge in [-0.15, -0.1) is 0 Å². The van der Waals surface area contributed by atoms with Gasteiger partial charge in [-0.3, -0.25) is 4.79 Å². The molecule has 4 nitrogen and oxygen atoms in total. The van der Waals surface area contributed by atoms with E-state index in [1.54, 1.807) is 0 Å². The molecule has 2 fully saturated rings. The van der Waals surface area contributed by atoms with Crippen LogP contribution >= 0.6 is 15.9 Å². The first-order valence-corrected chi connectivity index (χ1v) is 9.78. The summed E-state index contributed by atoms with van der Waals surface area (Å²) in [7, 11) is 0. The molecule has 0 spiro atoms. The van der Waals surface area contributed by atoms with E-state index in [2.05, 4.69) is 40.3 Å². The lowest BCUT2D eigenvalue weighted by atomic mass is 9.85. The molecule has 0 aromatic heterocycles. The smallest absolute Gasteiger partial charge is 0.223 e. The number of nitrogens with one attached hydrogen (secondary N) is 1. The molecule has 3 atom stereocenters. The molecule has 1 N–H and O–H groups in total. The van der Waals surface area contributed by atoms with Gasteiger partial charge in [0.1, 0.15) is 6.10 Å². The topological polar surface area (TPSA) is 41.6 Å². The Morgan fingerprint density at radius 1 is 1.50 bits per heavy atom. The van der Waals surface area contributed by atoms with Crippen molar-refractivity contribution >= 4 is 21.8 Å². The normalized spacial score (nSPS) is 26.2. The molecule has 5 heteroatoms. The Morgan fingerprint density at radius 2 is 2.38 bits per heavy atom. The van der Waals surface area contributed by atoms with Crippen molar-refractivity contribution in [2.24, 2.45) is 11.8 Å². The second kappa shape index (κ2) is 8.45. The first-order chi connectivity index (χ1) is 11.6. The minimum atomic E-state index is -0.0214. The number of hydrogen-bond acceptors (Lipinski definition) is 3. The summed E-state index contributed by atoms with van der Waals surface area (Å²) in [6.45, 7) is 6.38. The van der Waals surface area contributed by atoms with Gasteiger partial charge in [0.25, 0.3) is 0 Å². The summed E-state index contributed by atoms with van der Waals surface area (Å²) >= 11 is 3.51. The first-order valence-electron chi connectivity index (χ1n) is 8.99. The molecule has 2 heterocycles. The van der Waals surface area contributed by atoms with Crippen LogP contribution < -0.4 is 5.32 Å². The summed E-state index contributed by atoms with van der Waals surface area (Å²) in [5.74, 6) is 1.35. The summed E-state index contributed by atoms with van der Waals surface area (Å²) in [5.41, 5.74) is 1.13. The van der Waals surface area contributed by atoms with Crippen LogP contribution in [0.3, 0.4) is 0 Å². The zero-order chi connectivity index (χ0) is 16.9.